The van der Waals surface area contributed by atoms with E-state index in [0.29, 0.717) is 26.8 Å². The Labute approximate surface area is 116 Å². The molecule has 0 unspecified atom stereocenters. The summed E-state index contributed by atoms with van der Waals surface area (Å²) in [4.78, 5) is 0. The molecule has 0 aliphatic carbocycles. The molecule has 0 amide bonds. The Morgan fingerprint density at radius 2 is 0.900 bits per heavy atom. The third-order valence-corrected chi connectivity index (χ3v) is 4.04. The number of ether oxygens (including phenoxy) is 8. The lowest BCUT2D eigenvalue weighted by Crippen LogP contribution is -2.50. The second-order valence-electron chi connectivity index (χ2n) is 5.15. The molecule has 0 radical (unpaired) electrons. The third kappa shape index (κ3) is 2.36. The van der Waals surface area contributed by atoms with Gasteiger partial charge in [-0.3, -0.25) is 0 Å². The predicted octanol–water partition coefficient (Wildman–Crippen LogP) is -0.785. The van der Waals surface area contributed by atoms with Crippen molar-refractivity contribution < 1.29 is 37.9 Å². The van der Waals surface area contributed by atoms with Crippen LogP contribution in [-0.2, 0) is 37.9 Å². The molecule has 0 spiro atoms. The maximum absolute atomic E-state index is 5.69. The van der Waals surface area contributed by atoms with Crippen LogP contribution in [-0.4, -0.2) is 77.0 Å². The second-order valence-corrected chi connectivity index (χ2v) is 5.15. The van der Waals surface area contributed by atoms with E-state index in [1.807, 2.05) is 0 Å². The van der Waals surface area contributed by atoms with Crippen LogP contribution >= 0.6 is 0 Å². The number of rotatable bonds is 3. The summed E-state index contributed by atoms with van der Waals surface area (Å²) in [6.45, 7) is 2.05. The smallest absolute Gasteiger partial charge is 0.148 e. The van der Waals surface area contributed by atoms with E-state index in [0.717, 1.165) is 0 Å². The molecule has 4 fully saturated rings. The van der Waals surface area contributed by atoms with Gasteiger partial charge < -0.3 is 37.9 Å². The van der Waals surface area contributed by atoms with E-state index < -0.39 is 0 Å². The highest BCUT2D eigenvalue weighted by atomic mass is 16.8. The van der Waals surface area contributed by atoms with Gasteiger partial charge in [-0.25, -0.2) is 0 Å². The van der Waals surface area contributed by atoms with Crippen LogP contribution in [0, 0.1) is 0 Å². The maximum Gasteiger partial charge on any atom is 0.148 e. The quantitative estimate of drug-likeness (QED) is 0.670. The van der Waals surface area contributed by atoms with Gasteiger partial charge in [0, 0.05) is 0 Å². The van der Waals surface area contributed by atoms with Crippen molar-refractivity contribution in [3.63, 3.8) is 0 Å². The van der Waals surface area contributed by atoms with E-state index >= 15 is 0 Å². The van der Waals surface area contributed by atoms with Crippen LogP contribution in [0.3, 0.4) is 0 Å². The van der Waals surface area contributed by atoms with Crippen molar-refractivity contribution in [2.45, 2.75) is 36.6 Å². The molecule has 4 heterocycles. The predicted molar refractivity (Wildman–Crippen MR) is 60.6 cm³/mol. The van der Waals surface area contributed by atoms with Crippen molar-refractivity contribution in [1.82, 2.24) is 0 Å². The van der Waals surface area contributed by atoms with E-state index in [4.69, 9.17) is 37.9 Å². The van der Waals surface area contributed by atoms with E-state index in [-0.39, 0.29) is 50.2 Å². The summed E-state index contributed by atoms with van der Waals surface area (Å²) in [6, 6.07) is 0. The third-order valence-electron chi connectivity index (χ3n) is 4.04. The van der Waals surface area contributed by atoms with Gasteiger partial charge in [0.15, 0.2) is 0 Å². The monoisotopic (exact) mass is 290 g/mol. The summed E-state index contributed by atoms with van der Waals surface area (Å²) in [5, 5.41) is 0. The van der Waals surface area contributed by atoms with Gasteiger partial charge in [-0.05, 0) is 0 Å². The van der Waals surface area contributed by atoms with Crippen molar-refractivity contribution in [2.24, 2.45) is 0 Å². The van der Waals surface area contributed by atoms with E-state index in [9.17, 15) is 0 Å². The lowest BCUT2D eigenvalue weighted by Gasteiger charge is -2.29. The van der Waals surface area contributed by atoms with E-state index in [1.165, 1.54) is 0 Å². The molecular weight excluding hydrogens is 272 g/mol. The first kappa shape index (κ1) is 13.4. The zero-order valence-corrected chi connectivity index (χ0v) is 11.0. The first-order chi connectivity index (χ1) is 9.93. The fourth-order valence-corrected chi connectivity index (χ4v) is 3.05. The Bertz CT molecular complexity index is 295. The van der Waals surface area contributed by atoms with Crippen molar-refractivity contribution >= 4 is 0 Å². The van der Waals surface area contributed by atoms with Crippen LogP contribution in [0.5, 0.6) is 0 Å². The minimum atomic E-state index is -0.251. The topological polar surface area (TPSA) is 73.8 Å². The van der Waals surface area contributed by atoms with Crippen LogP contribution in [0.4, 0.5) is 0 Å². The molecule has 0 aromatic heterocycles. The van der Waals surface area contributed by atoms with Crippen molar-refractivity contribution in [3.05, 3.63) is 0 Å². The van der Waals surface area contributed by atoms with Crippen LogP contribution in [0.25, 0.3) is 0 Å². The highest BCUT2D eigenvalue weighted by Gasteiger charge is 2.51. The fraction of sp³-hybridized carbons (Fsp3) is 1.00. The average molecular weight is 290 g/mol. The number of hydrogen-bond acceptors (Lipinski definition) is 8. The molecule has 4 rings (SSSR count). The Morgan fingerprint density at radius 3 is 1.30 bits per heavy atom. The Hall–Kier alpha value is -0.320. The molecule has 4 aliphatic heterocycles. The van der Waals surface area contributed by atoms with Gasteiger partial charge in [0.05, 0.1) is 13.2 Å². The van der Waals surface area contributed by atoms with Gasteiger partial charge in [0.1, 0.15) is 63.8 Å². The van der Waals surface area contributed by atoms with Crippen LogP contribution in [0.1, 0.15) is 0 Å². The molecule has 0 bridgehead atoms. The SMILES string of the molecule is C1O[C@H]([C@@H]2OCO[C@@H]2[C@@H]2COCO2)[C@H]([C@@H]2COCO2)O1. The van der Waals surface area contributed by atoms with Crippen molar-refractivity contribution in [1.29, 1.82) is 0 Å². The summed E-state index contributed by atoms with van der Waals surface area (Å²) >= 11 is 0. The molecule has 114 valence electrons. The summed E-state index contributed by atoms with van der Waals surface area (Å²) < 4.78 is 44.1. The molecule has 4 aliphatic rings. The molecule has 20 heavy (non-hydrogen) atoms. The fourth-order valence-electron chi connectivity index (χ4n) is 3.05. The largest absolute Gasteiger partial charge is 0.353 e. The average Bonchev–Trinajstić information content (AvgIpc) is 3.23. The highest BCUT2D eigenvalue weighted by Crippen LogP contribution is 2.32. The van der Waals surface area contributed by atoms with Crippen LogP contribution in [0.15, 0.2) is 0 Å². The van der Waals surface area contributed by atoms with Gasteiger partial charge in [-0.15, -0.1) is 0 Å². The number of hydrogen-bond donors (Lipinski definition) is 0. The lowest BCUT2D eigenvalue weighted by molar-refractivity contribution is -0.0691. The van der Waals surface area contributed by atoms with Crippen molar-refractivity contribution in [3.8, 4) is 0 Å². The first-order valence-electron chi connectivity index (χ1n) is 6.78. The highest BCUT2D eigenvalue weighted by molar-refractivity contribution is 4.96. The normalized spacial score (nSPS) is 49.2. The molecule has 8 nitrogen and oxygen atoms in total. The van der Waals surface area contributed by atoms with Gasteiger partial charge in [0.25, 0.3) is 0 Å². The minimum Gasteiger partial charge on any atom is -0.353 e. The molecule has 8 heteroatoms. The van der Waals surface area contributed by atoms with Crippen LogP contribution in [0.2, 0.25) is 0 Å². The zero-order chi connectivity index (χ0) is 13.4. The summed E-state index contributed by atoms with van der Waals surface area (Å²) in [5.74, 6) is 0. The summed E-state index contributed by atoms with van der Waals surface area (Å²) in [6.07, 6.45) is -1.19. The minimum absolute atomic E-state index is 0.131. The maximum atomic E-state index is 5.69. The summed E-state index contributed by atoms with van der Waals surface area (Å²) in [7, 11) is 0. The lowest BCUT2D eigenvalue weighted by atomic mass is 9.97. The molecule has 0 N–H and O–H groups in total. The van der Waals surface area contributed by atoms with Gasteiger partial charge in [-0.2, -0.15) is 0 Å². The molecule has 0 aromatic carbocycles. The summed E-state index contributed by atoms with van der Waals surface area (Å²) in [5.41, 5.74) is 0. The molecule has 0 saturated carbocycles. The van der Waals surface area contributed by atoms with E-state index in [2.05, 4.69) is 0 Å². The Morgan fingerprint density at radius 1 is 0.450 bits per heavy atom. The molecule has 0 aromatic rings. The Balaban J connectivity index is 1.46. The standard InChI is InChI=1S/C12H18O8/c1-7(15-3-13-1)9-11(19-5-17-9)12-10(18-6-20-12)8-2-14-4-16-8/h7-12H,1-6H2/t7-,8-,9-,10+,11-,12+/m0/s1. The second kappa shape index (κ2) is 5.82. The van der Waals surface area contributed by atoms with Gasteiger partial charge in [0.2, 0.25) is 0 Å². The van der Waals surface area contributed by atoms with Gasteiger partial charge >= 0.3 is 0 Å². The van der Waals surface area contributed by atoms with Gasteiger partial charge in [-0.1, -0.05) is 0 Å². The molecule has 4 saturated heterocycles. The van der Waals surface area contributed by atoms with Crippen molar-refractivity contribution in [2.75, 3.05) is 40.4 Å². The first-order valence-corrected chi connectivity index (χ1v) is 6.78. The van der Waals surface area contributed by atoms with Crippen LogP contribution < -0.4 is 0 Å². The zero-order valence-electron chi connectivity index (χ0n) is 11.0. The molecular formula is C12H18O8. The Kier molecular flexibility index (Phi) is 3.88. The molecule has 6 atom stereocenters. The van der Waals surface area contributed by atoms with E-state index in [1.54, 1.807) is 0 Å².